The number of likely N-dealkylation sites (N-methyl/N-ethyl adjacent to an activating group) is 1. The van der Waals surface area contributed by atoms with E-state index in [9.17, 15) is 0 Å². The first-order valence-corrected chi connectivity index (χ1v) is 6.99. The zero-order chi connectivity index (χ0) is 13.4. The topological polar surface area (TPSA) is 3.24 Å². The second-order valence-electron chi connectivity index (χ2n) is 5.75. The lowest BCUT2D eigenvalue weighted by Gasteiger charge is -2.34. The Hall–Kier alpha value is -1.60. The summed E-state index contributed by atoms with van der Waals surface area (Å²) in [5, 5.41) is 0. The van der Waals surface area contributed by atoms with Gasteiger partial charge in [-0.1, -0.05) is 42.5 Å². The van der Waals surface area contributed by atoms with Gasteiger partial charge < -0.3 is 4.90 Å². The highest BCUT2D eigenvalue weighted by atomic mass is 15.1. The van der Waals surface area contributed by atoms with Gasteiger partial charge in [-0.25, -0.2) is 0 Å². The second-order valence-corrected chi connectivity index (χ2v) is 5.75. The molecule has 0 aliphatic carbocycles. The molecule has 0 amide bonds. The highest BCUT2D eigenvalue weighted by Crippen LogP contribution is 2.36. The summed E-state index contributed by atoms with van der Waals surface area (Å²) in [5.41, 5.74) is 7.34. The predicted molar refractivity (Wildman–Crippen MR) is 80.5 cm³/mol. The molecule has 0 bridgehead atoms. The van der Waals surface area contributed by atoms with Crippen molar-refractivity contribution in [2.45, 2.75) is 26.3 Å². The van der Waals surface area contributed by atoms with Gasteiger partial charge in [0.2, 0.25) is 0 Å². The van der Waals surface area contributed by atoms with Gasteiger partial charge in [0.25, 0.3) is 0 Å². The fourth-order valence-electron chi connectivity index (χ4n) is 3.37. The molecule has 1 heterocycles. The lowest BCUT2D eigenvalue weighted by Crippen LogP contribution is -2.31. The van der Waals surface area contributed by atoms with Crippen LogP contribution in [0.15, 0.2) is 42.5 Å². The van der Waals surface area contributed by atoms with Gasteiger partial charge in [0.05, 0.1) is 0 Å². The van der Waals surface area contributed by atoms with E-state index in [1.54, 1.807) is 5.56 Å². The van der Waals surface area contributed by atoms with Crippen molar-refractivity contribution < 1.29 is 0 Å². The SMILES string of the molecule is Cc1ccccc1C1CN(C)Cc2cccc(C)c21. The summed E-state index contributed by atoms with van der Waals surface area (Å²) in [7, 11) is 2.22. The molecular weight excluding hydrogens is 230 g/mol. The minimum Gasteiger partial charge on any atom is -0.301 e. The van der Waals surface area contributed by atoms with Crippen LogP contribution in [0.1, 0.15) is 33.7 Å². The zero-order valence-electron chi connectivity index (χ0n) is 12.0. The van der Waals surface area contributed by atoms with Crippen LogP contribution in [-0.2, 0) is 6.54 Å². The third-order valence-corrected chi connectivity index (χ3v) is 4.26. The quantitative estimate of drug-likeness (QED) is 0.743. The van der Waals surface area contributed by atoms with Crippen molar-refractivity contribution in [3.8, 4) is 0 Å². The molecule has 0 N–H and O–H groups in total. The third-order valence-electron chi connectivity index (χ3n) is 4.26. The van der Waals surface area contributed by atoms with Crippen LogP contribution in [0, 0.1) is 13.8 Å². The molecule has 1 atom stereocenters. The van der Waals surface area contributed by atoms with Crippen LogP contribution in [0.25, 0.3) is 0 Å². The lowest BCUT2D eigenvalue weighted by molar-refractivity contribution is 0.294. The van der Waals surface area contributed by atoms with E-state index < -0.39 is 0 Å². The van der Waals surface area contributed by atoms with Gasteiger partial charge in [-0.05, 0) is 48.7 Å². The molecule has 1 aliphatic rings. The largest absolute Gasteiger partial charge is 0.301 e. The standard InChI is InChI=1S/C18H21N/c1-13-7-4-5-10-16(13)17-12-19(3)11-15-9-6-8-14(2)18(15)17/h4-10,17H,11-12H2,1-3H3. The smallest absolute Gasteiger partial charge is 0.0234 e. The molecule has 0 saturated heterocycles. The molecule has 98 valence electrons. The van der Waals surface area contributed by atoms with Crippen LogP contribution < -0.4 is 0 Å². The number of rotatable bonds is 1. The van der Waals surface area contributed by atoms with Crippen LogP contribution in [0.3, 0.4) is 0 Å². The molecule has 0 fully saturated rings. The summed E-state index contributed by atoms with van der Waals surface area (Å²) in [5.74, 6) is 0.510. The Bertz CT molecular complexity index is 600. The van der Waals surface area contributed by atoms with E-state index >= 15 is 0 Å². The summed E-state index contributed by atoms with van der Waals surface area (Å²) < 4.78 is 0. The second kappa shape index (κ2) is 4.82. The van der Waals surface area contributed by atoms with Crippen LogP contribution in [0.2, 0.25) is 0 Å². The maximum atomic E-state index is 2.43. The van der Waals surface area contributed by atoms with Gasteiger partial charge in [0.15, 0.2) is 0 Å². The van der Waals surface area contributed by atoms with E-state index in [-0.39, 0.29) is 0 Å². The maximum absolute atomic E-state index is 2.43. The van der Waals surface area contributed by atoms with E-state index in [1.165, 1.54) is 22.3 Å². The molecule has 1 heteroatoms. The van der Waals surface area contributed by atoms with E-state index in [1.807, 2.05) is 0 Å². The summed E-state index contributed by atoms with van der Waals surface area (Å²) in [6, 6.07) is 15.5. The highest BCUT2D eigenvalue weighted by Gasteiger charge is 2.26. The van der Waals surface area contributed by atoms with Crippen molar-refractivity contribution in [2.24, 2.45) is 0 Å². The number of hydrogen-bond donors (Lipinski definition) is 0. The minimum absolute atomic E-state index is 0.510. The molecule has 2 aromatic rings. The first-order valence-electron chi connectivity index (χ1n) is 6.99. The number of benzene rings is 2. The molecule has 2 aromatic carbocycles. The van der Waals surface area contributed by atoms with Crippen molar-refractivity contribution in [2.75, 3.05) is 13.6 Å². The van der Waals surface area contributed by atoms with Gasteiger partial charge in [-0.15, -0.1) is 0 Å². The van der Waals surface area contributed by atoms with Crippen molar-refractivity contribution >= 4 is 0 Å². The van der Waals surface area contributed by atoms with E-state index in [0.29, 0.717) is 5.92 Å². The van der Waals surface area contributed by atoms with Gasteiger partial charge in [0.1, 0.15) is 0 Å². The number of hydrogen-bond acceptors (Lipinski definition) is 1. The van der Waals surface area contributed by atoms with Crippen molar-refractivity contribution in [3.05, 3.63) is 70.3 Å². The molecule has 19 heavy (non-hydrogen) atoms. The monoisotopic (exact) mass is 251 g/mol. The normalized spacial score (nSPS) is 19.2. The molecule has 1 nitrogen and oxygen atoms in total. The molecule has 0 spiro atoms. The molecule has 1 unspecified atom stereocenters. The summed E-state index contributed by atoms with van der Waals surface area (Å²) in [6.45, 7) is 6.65. The average molecular weight is 251 g/mol. The Morgan fingerprint density at radius 1 is 0.947 bits per heavy atom. The first-order chi connectivity index (χ1) is 9.16. The predicted octanol–water partition coefficient (Wildman–Crippen LogP) is 3.88. The molecule has 1 aliphatic heterocycles. The van der Waals surface area contributed by atoms with Crippen LogP contribution in [0.4, 0.5) is 0 Å². The Morgan fingerprint density at radius 2 is 1.68 bits per heavy atom. The Balaban J connectivity index is 2.16. The van der Waals surface area contributed by atoms with Crippen LogP contribution in [0.5, 0.6) is 0 Å². The summed E-state index contributed by atoms with van der Waals surface area (Å²) in [6.07, 6.45) is 0. The Labute approximate surface area is 115 Å². The van der Waals surface area contributed by atoms with Gasteiger partial charge >= 0.3 is 0 Å². The molecular formula is C18H21N. The number of nitrogens with zero attached hydrogens (tertiary/aromatic N) is 1. The Kier molecular flexibility index (Phi) is 3.16. The Morgan fingerprint density at radius 3 is 2.47 bits per heavy atom. The van der Waals surface area contributed by atoms with Crippen molar-refractivity contribution in [1.82, 2.24) is 4.90 Å². The van der Waals surface area contributed by atoms with E-state index in [0.717, 1.165) is 13.1 Å². The van der Waals surface area contributed by atoms with E-state index in [4.69, 9.17) is 0 Å². The van der Waals surface area contributed by atoms with Crippen LogP contribution in [-0.4, -0.2) is 18.5 Å². The van der Waals surface area contributed by atoms with E-state index in [2.05, 4.69) is 68.3 Å². The minimum atomic E-state index is 0.510. The van der Waals surface area contributed by atoms with Gasteiger partial charge in [0, 0.05) is 19.0 Å². The van der Waals surface area contributed by atoms with Crippen molar-refractivity contribution in [3.63, 3.8) is 0 Å². The molecule has 0 saturated carbocycles. The number of aryl methyl sites for hydroxylation is 2. The average Bonchev–Trinajstić information content (AvgIpc) is 2.38. The molecule has 0 aromatic heterocycles. The van der Waals surface area contributed by atoms with Crippen LogP contribution >= 0.6 is 0 Å². The lowest BCUT2D eigenvalue weighted by atomic mass is 9.81. The fraction of sp³-hybridized carbons (Fsp3) is 0.333. The molecule has 0 radical (unpaired) electrons. The maximum Gasteiger partial charge on any atom is 0.0234 e. The fourth-order valence-corrected chi connectivity index (χ4v) is 3.37. The zero-order valence-corrected chi connectivity index (χ0v) is 12.0. The van der Waals surface area contributed by atoms with Crippen molar-refractivity contribution in [1.29, 1.82) is 0 Å². The third kappa shape index (κ3) is 2.19. The van der Waals surface area contributed by atoms with Gasteiger partial charge in [-0.3, -0.25) is 0 Å². The van der Waals surface area contributed by atoms with Gasteiger partial charge in [-0.2, -0.15) is 0 Å². The molecule has 3 rings (SSSR count). The number of fused-ring (bicyclic) bond motifs is 1. The first kappa shape index (κ1) is 12.4. The highest BCUT2D eigenvalue weighted by molar-refractivity contribution is 5.46. The summed E-state index contributed by atoms with van der Waals surface area (Å²) >= 11 is 0. The summed E-state index contributed by atoms with van der Waals surface area (Å²) in [4.78, 5) is 2.43.